The van der Waals surface area contributed by atoms with Gasteiger partial charge in [0.05, 0.1) is 17.7 Å². The number of aromatic nitrogens is 2. The molecule has 34 heavy (non-hydrogen) atoms. The molecule has 2 aromatic carbocycles. The first kappa shape index (κ1) is 24.0. The molecule has 0 unspecified atom stereocenters. The molecule has 2 heterocycles. The van der Waals surface area contributed by atoms with Crippen molar-refractivity contribution >= 4 is 16.7 Å². The maximum Gasteiger partial charge on any atom is 0.279 e. The molecule has 180 valence electrons. The van der Waals surface area contributed by atoms with Crippen LogP contribution in [-0.4, -0.2) is 53.4 Å². The molecule has 4 rings (SSSR count). The van der Waals surface area contributed by atoms with E-state index < -0.39 is 0 Å². The maximum atomic E-state index is 13.1. The third kappa shape index (κ3) is 5.47. The Morgan fingerprint density at radius 3 is 2.41 bits per heavy atom. The number of hydrogen-bond donors (Lipinski definition) is 1. The van der Waals surface area contributed by atoms with Crippen LogP contribution in [-0.2, 0) is 0 Å². The lowest BCUT2D eigenvalue weighted by atomic mass is 9.92. The number of fused-ring (bicyclic) bond motifs is 1. The van der Waals surface area contributed by atoms with Gasteiger partial charge in [-0.25, -0.2) is 0 Å². The summed E-state index contributed by atoms with van der Waals surface area (Å²) in [5.74, 6) is 1.89. The van der Waals surface area contributed by atoms with E-state index >= 15 is 0 Å². The van der Waals surface area contributed by atoms with Crippen molar-refractivity contribution < 1.29 is 9.53 Å². The van der Waals surface area contributed by atoms with Gasteiger partial charge in [-0.05, 0) is 68.5 Å². The van der Waals surface area contributed by atoms with Crippen molar-refractivity contribution in [2.45, 2.75) is 33.6 Å². The summed E-state index contributed by atoms with van der Waals surface area (Å²) in [4.78, 5) is 28.8. The molecule has 1 aliphatic heterocycles. The standard InChI is InChI=1S/C27H34N4O3/c1-4-34-22-12-10-21(11-13-22)31-27(33)24-9-6-5-8-23(24)25(29-31)26(32)28-14-7-15-30-17-19(2)16-20(3)18-30/h5-6,8-13,19-20H,4,7,14-18H2,1-3H3,(H,28,32)/t19-,20-/m1/s1. The van der Waals surface area contributed by atoms with Crippen LogP contribution in [0.2, 0.25) is 0 Å². The first-order valence-corrected chi connectivity index (χ1v) is 12.2. The minimum atomic E-state index is -0.267. The SMILES string of the molecule is CCOc1ccc(-n2nc(C(=O)NCCCN3C[C@H](C)C[C@@H](C)C3)c3ccccc3c2=O)cc1. The summed E-state index contributed by atoms with van der Waals surface area (Å²) in [5.41, 5.74) is 0.579. The summed E-state index contributed by atoms with van der Waals surface area (Å²) in [5, 5.41) is 8.52. The molecular formula is C27H34N4O3. The number of amides is 1. The highest BCUT2D eigenvalue weighted by Crippen LogP contribution is 2.21. The minimum Gasteiger partial charge on any atom is -0.494 e. The number of carbonyl (C=O) groups is 1. The Morgan fingerprint density at radius 2 is 1.74 bits per heavy atom. The van der Waals surface area contributed by atoms with E-state index in [0.717, 1.165) is 43.6 Å². The molecule has 1 aliphatic rings. The van der Waals surface area contributed by atoms with Gasteiger partial charge in [0.25, 0.3) is 11.5 Å². The van der Waals surface area contributed by atoms with Crippen LogP contribution in [0.15, 0.2) is 53.3 Å². The third-order valence-corrected chi connectivity index (χ3v) is 6.29. The fourth-order valence-electron chi connectivity index (χ4n) is 4.95. The molecule has 1 amide bonds. The number of likely N-dealkylation sites (tertiary alicyclic amines) is 1. The van der Waals surface area contributed by atoms with Crippen LogP contribution >= 0.6 is 0 Å². The summed E-state index contributed by atoms with van der Waals surface area (Å²) < 4.78 is 6.79. The first-order chi connectivity index (χ1) is 16.5. The predicted molar refractivity (Wildman–Crippen MR) is 135 cm³/mol. The van der Waals surface area contributed by atoms with E-state index in [1.807, 2.05) is 13.0 Å². The molecule has 0 saturated carbocycles. The molecule has 1 saturated heterocycles. The van der Waals surface area contributed by atoms with Crippen LogP contribution in [0.4, 0.5) is 0 Å². The van der Waals surface area contributed by atoms with Gasteiger partial charge in [0.1, 0.15) is 5.75 Å². The monoisotopic (exact) mass is 462 g/mol. The van der Waals surface area contributed by atoms with Crippen LogP contribution < -0.4 is 15.6 Å². The smallest absolute Gasteiger partial charge is 0.279 e. The van der Waals surface area contributed by atoms with Gasteiger partial charge in [-0.3, -0.25) is 9.59 Å². The summed E-state index contributed by atoms with van der Waals surface area (Å²) in [6.07, 6.45) is 2.16. The number of nitrogens with zero attached hydrogens (tertiary/aromatic N) is 3. The topological polar surface area (TPSA) is 76.5 Å². The van der Waals surface area contributed by atoms with Crippen molar-refractivity contribution in [3.63, 3.8) is 0 Å². The van der Waals surface area contributed by atoms with E-state index in [0.29, 0.717) is 29.6 Å². The zero-order valence-electron chi connectivity index (χ0n) is 20.3. The van der Waals surface area contributed by atoms with E-state index in [-0.39, 0.29) is 17.2 Å². The zero-order valence-corrected chi connectivity index (χ0v) is 20.3. The Balaban J connectivity index is 1.51. The second-order valence-electron chi connectivity index (χ2n) is 9.35. The van der Waals surface area contributed by atoms with Gasteiger partial charge < -0.3 is 15.0 Å². The van der Waals surface area contributed by atoms with E-state index in [2.05, 4.69) is 29.2 Å². The molecule has 7 nitrogen and oxygen atoms in total. The van der Waals surface area contributed by atoms with Crippen molar-refractivity contribution in [1.82, 2.24) is 20.0 Å². The second kappa shape index (κ2) is 10.8. The number of piperidine rings is 1. The molecule has 0 spiro atoms. The lowest BCUT2D eigenvalue weighted by Gasteiger charge is -2.34. The average molecular weight is 463 g/mol. The van der Waals surface area contributed by atoms with Gasteiger partial charge >= 0.3 is 0 Å². The fourth-order valence-corrected chi connectivity index (χ4v) is 4.95. The zero-order chi connectivity index (χ0) is 24.1. The van der Waals surface area contributed by atoms with Crippen molar-refractivity contribution in [3.8, 4) is 11.4 Å². The molecule has 2 atom stereocenters. The van der Waals surface area contributed by atoms with Gasteiger partial charge in [-0.2, -0.15) is 9.78 Å². The Kier molecular flexibility index (Phi) is 7.63. The Morgan fingerprint density at radius 1 is 1.06 bits per heavy atom. The van der Waals surface area contributed by atoms with Crippen LogP contribution in [0.5, 0.6) is 5.75 Å². The quantitative estimate of drug-likeness (QED) is 0.514. The van der Waals surface area contributed by atoms with E-state index in [4.69, 9.17) is 4.74 Å². The number of benzene rings is 2. The van der Waals surface area contributed by atoms with Gasteiger partial charge in [0.2, 0.25) is 0 Å². The predicted octanol–water partition coefficient (Wildman–Crippen LogP) is 3.88. The lowest BCUT2D eigenvalue weighted by Crippen LogP contribution is -2.40. The Labute approximate surface area is 200 Å². The lowest BCUT2D eigenvalue weighted by molar-refractivity contribution is 0.0942. The molecule has 7 heteroatoms. The maximum absolute atomic E-state index is 13.1. The largest absolute Gasteiger partial charge is 0.494 e. The molecule has 0 aliphatic carbocycles. The van der Waals surface area contributed by atoms with E-state index in [1.165, 1.54) is 11.1 Å². The van der Waals surface area contributed by atoms with Gasteiger partial charge in [0.15, 0.2) is 5.69 Å². The number of carbonyl (C=O) groups excluding carboxylic acids is 1. The number of ether oxygens (including phenoxy) is 1. The van der Waals surface area contributed by atoms with Crippen molar-refractivity contribution in [1.29, 1.82) is 0 Å². The van der Waals surface area contributed by atoms with E-state index in [1.54, 1.807) is 42.5 Å². The number of nitrogens with one attached hydrogen (secondary N) is 1. The van der Waals surface area contributed by atoms with Crippen LogP contribution in [0.25, 0.3) is 16.5 Å². The molecule has 1 N–H and O–H groups in total. The Bertz CT molecular complexity index is 1180. The highest BCUT2D eigenvalue weighted by molar-refractivity contribution is 6.04. The van der Waals surface area contributed by atoms with E-state index in [9.17, 15) is 9.59 Å². The van der Waals surface area contributed by atoms with Gasteiger partial charge in [-0.1, -0.05) is 32.0 Å². The second-order valence-corrected chi connectivity index (χ2v) is 9.35. The molecule has 0 radical (unpaired) electrons. The third-order valence-electron chi connectivity index (χ3n) is 6.29. The summed E-state index contributed by atoms with van der Waals surface area (Å²) >= 11 is 0. The highest BCUT2D eigenvalue weighted by Gasteiger charge is 2.21. The minimum absolute atomic E-state index is 0.254. The molecule has 3 aromatic rings. The van der Waals surface area contributed by atoms with Crippen LogP contribution in [0.3, 0.4) is 0 Å². The normalized spacial score (nSPS) is 18.7. The van der Waals surface area contributed by atoms with Gasteiger partial charge in [-0.15, -0.1) is 0 Å². The number of rotatable bonds is 8. The van der Waals surface area contributed by atoms with Gasteiger partial charge in [0, 0.05) is 25.0 Å². The number of hydrogen-bond acceptors (Lipinski definition) is 5. The van der Waals surface area contributed by atoms with Crippen molar-refractivity contribution in [2.24, 2.45) is 11.8 Å². The average Bonchev–Trinajstić information content (AvgIpc) is 2.82. The first-order valence-electron chi connectivity index (χ1n) is 12.2. The highest BCUT2D eigenvalue weighted by atomic mass is 16.5. The van der Waals surface area contributed by atoms with Crippen molar-refractivity contribution in [2.75, 3.05) is 32.8 Å². The molecule has 1 fully saturated rings. The van der Waals surface area contributed by atoms with Crippen LogP contribution in [0.1, 0.15) is 44.1 Å². The fraction of sp³-hybridized carbons (Fsp3) is 0.444. The summed E-state index contributed by atoms with van der Waals surface area (Å²) in [6, 6.07) is 14.3. The Hall–Kier alpha value is -3.19. The molecular weight excluding hydrogens is 428 g/mol. The van der Waals surface area contributed by atoms with Crippen molar-refractivity contribution in [3.05, 3.63) is 64.6 Å². The molecule has 0 bridgehead atoms. The van der Waals surface area contributed by atoms with Crippen LogP contribution in [0, 0.1) is 11.8 Å². The molecule has 1 aromatic heterocycles. The summed E-state index contributed by atoms with van der Waals surface area (Å²) in [7, 11) is 0. The summed E-state index contributed by atoms with van der Waals surface area (Å²) in [6.45, 7) is 10.9.